The second kappa shape index (κ2) is 9.49. The second-order valence-corrected chi connectivity index (χ2v) is 9.59. The molecule has 12 heteroatoms. The van der Waals surface area contributed by atoms with Crippen molar-refractivity contribution in [2.75, 3.05) is 36.2 Å². The summed E-state index contributed by atoms with van der Waals surface area (Å²) in [5.74, 6) is -1.42. The summed E-state index contributed by atoms with van der Waals surface area (Å²) in [5.41, 5.74) is 3.18. The molecule has 0 aliphatic carbocycles. The van der Waals surface area contributed by atoms with Crippen molar-refractivity contribution in [3.05, 3.63) is 59.8 Å². The summed E-state index contributed by atoms with van der Waals surface area (Å²) in [6, 6.07) is 11.0. The number of carbonyl (C=O) groups is 5. The maximum Gasteiger partial charge on any atom is 0.264 e. The third-order valence-corrected chi connectivity index (χ3v) is 7.25. The fraction of sp³-hybridized carbons (Fsp3) is 0.214. The van der Waals surface area contributed by atoms with E-state index in [2.05, 4.69) is 20.9 Å². The maximum absolute atomic E-state index is 13.6. The van der Waals surface area contributed by atoms with E-state index >= 15 is 0 Å². The van der Waals surface area contributed by atoms with E-state index < -0.39 is 29.7 Å². The van der Waals surface area contributed by atoms with Crippen molar-refractivity contribution in [2.24, 2.45) is 0 Å². The van der Waals surface area contributed by atoms with Gasteiger partial charge in [0.15, 0.2) is 6.61 Å². The quantitative estimate of drug-likeness (QED) is 0.414. The van der Waals surface area contributed by atoms with Gasteiger partial charge in [-0.1, -0.05) is 6.07 Å². The number of imide groups is 2. The molecule has 3 aliphatic heterocycles. The average molecular weight is 541 g/mol. The highest BCUT2D eigenvalue weighted by Gasteiger charge is 2.45. The zero-order valence-electron chi connectivity index (χ0n) is 21.6. The number of likely N-dealkylation sites (N-methyl/N-ethyl adjacent to an activating group) is 1. The third-order valence-electron chi connectivity index (χ3n) is 7.25. The number of fused-ring (bicyclic) bond motifs is 2. The predicted molar refractivity (Wildman–Crippen MR) is 145 cm³/mol. The number of carbonyl (C=O) groups excluding carboxylic acids is 5. The van der Waals surface area contributed by atoms with Gasteiger partial charge in [-0.3, -0.25) is 34.2 Å². The van der Waals surface area contributed by atoms with Crippen molar-refractivity contribution in [1.29, 1.82) is 0 Å². The lowest BCUT2D eigenvalue weighted by molar-refractivity contribution is -0.136. The van der Waals surface area contributed by atoms with Crippen LogP contribution in [0.5, 0.6) is 5.75 Å². The van der Waals surface area contributed by atoms with Crippen molar-refractivity contribution in [1.82, 2.24) is 15.2 Å². The molecule has 5 amide bonds. The fourth-order valence-corrected chi connectivity index (χ4v) is 5.16. The molecule has 6 rings (SSSR count). The Hall–Kier alpha value is -5.26. The standard InChI is InChI=1S/C28H24N6O6/c1-29-22-10-14(8-9-30-22)16-11-21-20(33(2)24(36)13-40-21)12-18(16)31-17-5-3-4-15-25(17)28(39)34(27(15)38)19-6-7-23(35)32-26(19)37/h3-5,8-12,19,31H,6-7,13H2,1-2H3,(H,29,30)(H,32,35,37). The molecular formula is C28H24N6O6. The van der Waals surface area contributed by atoms with Gasteiger partial charge in [-0.25, -0.2) is 4.98 Å². The zero-order valence-corrected chi connectivity index (χ0v) is 21.6. The van der Waals surface area contributed by atoms with Crippen molar-refractivity contribution in [2.45, 2.75) is 18.9 Å². The summed E-state index contributed by atoms with van der Waals surface area (Å²) in [7, 11) is 3.41. The largest absolute Gasteiger partial charge is 0.482 e. The van der Waals surface area contributed by atoms with E-state index in [4.69, 9.17) is 4.74 Å². The van der Waals surface area contributed by atoms with E-state index in [-0.39, 0.29) is 36.5 Å². The lowest BCUT2D eigenvalue weighted by Gasteiger charge is -2.28. The average Bonchev–Trinajstić information content (AvgIpc) is 3.21. The first-order chi connectivity index (χ1) is 19.3. The number of piperidine rings is 1. The van der Waals surface area contributed by atoms with Gasteiger partial charge in [0.25, 0.3) is 17.7 Å². The van der Waals surface area contributed by atoms with Crippen LogP contribution in [0.1, 0.15) is 33.6 Å². The van der Waals surface area contributed by atoms with Crippen LogP contribution in [0.25, 0.3) is 11.1 Å². The number of anilines is 4. The Morgan fingerprint density at radius 3 is 2.60 bits per heavy atom. The molecule has 0 radical (unpaired) electrons. The summed E-state index contributed by atoms with van der Waals surface area (Å²) in [6.07, 6.45) is 1.74. The van der Waals surface area contributed by atoms with Gasteiger partial charge < -0.3 is 20.3 Å². The molecule has 202 valence electrons. The number of nitrogens with zero attached hydrogens (tertiary/aromatic N) is 3. The highest BCUT2D eigenvalue weighted by molar-refractivity contribution is 6.25. The lowest BCUT2D eigenvalue weighted by Crippen LogP contribution is -2.54. The molecule has 0 spiro atoms. The molecule has 1 saturated heterocycles. The molecule has 2 aromatic carbocycles. The zero-order chi connectivity index (χ0) is 28.1. The molecule has 3 N–H and O–H groups in total. The lowest BCUT2D eigenvalue weighted by atomic mass is 10.0. The number of pyridine rings is 1. The second-order valence-electron chi connectivity index (χ2n) is 9.59. The van der Waals surface area contributed by atoms with E-state index in [0.717, 1.165) is 10.5 Å². The van der Waals surface area contributed by atoms with Gasteiger partial charge in [0.1, 0.15) is 17.6 Å². The normalized spacial score (nSPS) is 18.2. The summed E-state index contributed by atoms with van der Waals surface area (Å²) in [5, 5.41) is 8.52. The van der Waals surface area contributed by atoms with Gasteiger partial charge in [0.2, 0.25) is 11.8 Å². The molecule has 0 saturated carbocycles. The van der Waals surface area contributed by atoms with E-state index in [0.29, 0.717) is 34.2 Å². The minimum absolute atomic E-state index is 0.0300. The molecule has 1 unspecified atom stereocenters. The minimum Gasteiger partial charge on any atom is -0.482 e. The topological polar surface area (TPSA) is 150 Å². The summed E-state index contributed by atoms with van der Waals surface area (Å²) < 4.78 is 5.72. The number of benzene rings is 2. The maximum atomic E-state index is 13.6. The number of hydrogen-bond acceptors (Lipinski definition) is 9. The Bertz CT molecular complexity index is 1640. The number of amides is 5. The molecule has 1 fully saturated rings. The summed E-state index contributed by atoms with van der Waals surface area (Å²) in [4.78, 5) is 70.1. The Labute approximate surface area is 228 Å². The first kappa shape index (κ1) is 25.0. The Morgan fingerprint density at radius 2 is 1.82 bits per heavy atom. The van der Waals surface area contributed by atoms with Crippen LogP contribution in [0.4, 0.5) is 22.9 Å². The highest BCUT2D eigenvalue weighted by atomic mass is 16.5. The molecule has 1 atom stereocenters. The molecule has 1 aromatic heterocycles. The van der Waals surface area contributed by atoms with Crippen molar-refractivity contribution >= 4 is 52.4 Å². The molecule has 4 heterocycles. The number of ether oxygens (including phenoxy) is 1. The Morgan fingerprint density at radius 1 is 1.00 bits per heavy atom. The Balaban J connectivity index is 1.44. The van der Waals surface area contributed by atoms with Crippen molar-refractivity contribution in [3.8, 4) is 16.9 Å². The van der Waals surface area contributed by atoms with E-state index in [1.54, 1.807) is 44.6 Å². The number of rotatable bonds is 5. The smallest absolute Gasteiger partial charge is 0.264 e. The van der Waals surface area contributed by atoms with Gasteiger partial charge in [0, 0.05) is 38.0 Å². The molecular weight excluding hydrogens is 516 g/mol. The van der Waals surface area contributed by atoms with Crippen molar-refractivity contribution < 1.29 is 28.7 Å². The van der Waals surface area contributed by atoms with Crippen LogP contribution in [-0.4, -0.2) is 66.2 Å². The van der Waals surface area contributed by atoms with Gasteiger partial charge in [-0.05, 0) is 48.4 Å². The van der Waals surface area contributed by atoms with Crippen LogP contribution in [0.15, 0.2) is 48.7 Å². The van der Waals surface area contributed by atoms with Crippen LogP contribution in [0.2, 0.25) is 0 Å². The molecule has 3 aliphatic rings. The number of hydrogen-bond donors (Lipinski definition) is 3. The Kier molecular flexibility index (Phi) is 5.94. The van der Waals surface area contributed by atoms with E-state index in [1.165, 1.54) is 11.0 Å². The monoisotopic (exact) mass is 540 g/mol. The van der Waals surface area contributed by atoms with Gasteiger partial charge >= 0.3 is 0 Å². The summed E-state index contributed by atoms with van der Waals surface area (Å²) in [6.45, 7) is -0.0905. The van der Waals surface area contributed by atoms with Gasteiger partial charge in [0.05, 0.1) is 22.5 Å². The predicted octanol–water partition coefficient (Wildman–Crippen LogP) is 2.29. The first-order valence-electron chi connectivity index (χ1n) is 12.6. The van der Waals surface area contributed by atoms with Crippen molar-refractivity contribution in [3.63, 3.8) is 0 Å². The van der Waals surface area contributed by atoms with Crippen LogP contribution in [-0.2, 0) is 14.4 Å². The van der Waals surface area contributed by atoms with Crippen LogP contribution >= 0.6 is 0 Å². The molecule has 3 aromatic rings. The first-order valence-corrected chi connectivity index (χ1v) is 12.6. The molecule has 12 nitrogen and oxygen atoms in total. The number of aromatic nitrogens is 1. The number of nitrogens with one attached hydrogen (secondary N) is 3. The fourth-order valence-electron chi connectivity index (χ4n) is 5.16. The van der Waals surface area contributed by atoms with E-state index in [9.17, 15) is 24.0 Å². The third kappa shape index (κ3) is 4.01. The molecule has 40 heavy (non-hydrogen) atoms. The highest BCUT2D eigenvalue weighted by Crippen LogP contribution is 2.43. The summed E-state index contributed by atoms with van der Waals surface area (Å²) >= 11 is 0. The molecule has 0 bridgehead atoms. The van der Waals surface area contributed by atoms with E-state index in [1.807, 2.05) is 12.1 Å². The van der Waals surface area contributed by atoms with Gasteiger partial charge in [-0.15, -0.1) is 0 Å². The van der Waals surface area contributed by atoms with Crippen LogP contribution < -0.4 is 25.6 Å². The minimum atomic E-state index is -1.08. The van der Waals surface area contributed by atoms with Crippen LogP contribution in [0, 0.1) is 0 Å². The van der Waals surface area contributed by atoms with Gasteiger partial charge in [-0.2, -0.15) is 0 Å². The SMILES string of the molecule is CNc1cc(-c2cc3c(cc2Nc2cccc4c2C(=O)N(C2CCC(=O)NC2=O)C4=O)N(C)C(=O)CO3)ccn1. The van der Waals surface area contributed by atoms with Crippen LogP contribution in [0.3, 0.4) is 0 Å².